The van der Waals surface area contributed by atoms with Gasteiger partial charge in [-0.3, -0.25) is 14.7 Å². The Bertz CT molecular complexity index is 497. The Labute approximate surface area is 123 Å². The largest absolute Gasteiger partial charge is 0.374 e. The van der Waals surface area contributed by atoms with Crippen molar-refractivity contribution in [3.63, 3.8) is 0 Å². The van der Waals surface area contributed by atoms with Crippen molar-refractivity contribution in [3.05, 3.63) is 21.6 Å². The van der Waals surface area contributed by atoms with Gasteiger partial charge in [0.25, 0.3) is 5.56 Å². The highest BCUT2D eigenvalue weighted by atomic mass is 35.5. The van der Waals surface area contributed by atoms with E-state index in [1.54, 1.807) is 11.8 Å². The molecule has 1 atom stereocenters. The molecule has 114 valence electrons. The number of aryl methyl sites for hydroxylation is 1. The number of aromatic nitrogens is 2. The third-order valence-corrected chi connectivity index (χ3v) is 3.40. The molecular formula is C12H21ClN4O3. The number of nitrogens with one attached hydrogen (secondary N) is 2. The van der Waals surface area contributed by atoms with Gasteiger partial charge in [0.2, 0.25) is 5.91 Å². The van der Waals surface area contributed by atoms with Crippen LogP contribution in [0, 0.1) is 6.92 Å². The standard InChI is InChI=1S/C12H20N4O3.ClH/c1-8-10(12(18)15-14-8)6-11(17)16-4-5-19-9(7-16)2-3-13;/h9H,2-7,13H2,1H3,(H2,14,15,18);1H. The van der Waals surface area contributed by atoms with Crippen molar-refractivity contribution in [1.82, 2.24) is 15.1 Å². The summed E-state index contributed by atoms with van der Waals surface area (Å²) in [6.45, 7) is 3.97. The molecule has 1 fully saturated rings. The number of hydrogen-bond acceptors (Lipinski definition) is 4. The quantitative estimate of drug-likeness (QED) is 0.701. The van der Waals surface area contributed by atoms with Gasteiger partial charge in [0, 0.05) is 24.3 Å². The van der Waals surface area contributed by atoms with E-state index in [1.165, 1.54) is 0 Å². The molecule has 0 aliphatic carbocycles. The summed E-state index contributed by atoms with van der Waals surface area (Å²) in [4.78, 5) is 25.5. The highest BCUT2D eigenvalue weighted by Gasteiger charge is 2.24. The molecule has 2 heterocycles. The van der Waals surface area contributed by atoms with Gasteiger partial charge in [-0.15, -0.1) is 12.4 Å². The Morgan fingerprint density at radius 1 is 1.50 bits per heavy atom. The number of carbonyl (C=O) groups is 1. The van der Waals surface area contributed by atoms with Crippen LogP contribution in [0.25, 0.3) is 0 Å². The predicted molar refractivity (Wildman–Crippen MR) is 77.1 cm³/mol. The molecule has 0 spiro atoms. The number of ether oxygens (including phenoxy) is 1. The number of carbonyl (C=O) groups excluding carboxylic acids is 1. The molecule has 8 heteroatoms. The normalized spacial score (nSPS) is 18.7. The monoisotopic (exact) mass is 304 g/mol. The lowest BCUT2D eigenvalue weighted by atomic mass is 10.1. The van der Waals surface area contributed by atoms with E-state index in [4.69, 9.17) is 10.5 Å². The first-order chi connectivity index (χ1) is 9.11. The van der Waals surface area contributed by atoms with E-state index in [0.717, 1.165) is 6.42 Å². The molecule has 4 N–H and O–H groups in total. The van der Waals surface area contributed by atoms with Crippen LogP contribution in [0.2, 0.25) is 0 Å². The molecule has 0 aromatic carbocycles. The van der Waals surface area contributed by atoms with E-state index in [9.17, 15) is 9.59 Å². The number of rotatable bonds is 4. The number of hydrogen-bond donors (Lipinski definition) is 3. The zero-order valence-corrected chi connectivity index (χ0v) is 12.3. The van der Waals surface area contributed by atoms with Gasteiger partial charge in [-0.2, -0.15) is 0 Å². The van der Waals surface area contributed by atoms with E-state index in [1.807, 2.05) is 0 Å². The van der Waals surface area contributed by atoms with E-state index < -0.39 is 0 Å². The van der Waals surface area contributed by atoms with Gasteiger partial charge in [-0.25, -0.2) is 0 Å². The number of halogens is 1. The lowest BCUT2D eigenvalue weighted by molar-refractivity contribution is -0.138. The highest BCUT2D eigenvalue weighted by Crippen LogP contribution is 2.10. The summed E-state index contributed by atoms with van der Waals surface area (Å²) in [6.07, 6.45) is 0.876. The van der Waals surface area contributed by atoms with Crippen LogP contribution >= 0.6 is 12.4 Å². The van der Waals surface area contributed by atoms with E-state index in [2.05, 4.69) is 10.2 Å². The molecule has 1 saturated heterocycles. The second-order valence-electron chi connectivity index (χ2n) is 4.77. The van der Waals surface area contributed by atoms with Crippen LogP contribution in [0.3, 0.4) is 0 Å². The molecular weight excluding hydrogens is 284 g/mol. The van der Waals surface area contributed by atoms with Crippen molar-refractivity contribution in [2.45, 2.75) is 25.9 Å². The van der Waals surface area contributed by atoms with Crippen molar-refractivity contribution in [2.75, 3.05) is 26.2 Å². The molecule has 1 amide bonds. The topological polar surface area (TPSA) is 104 Å². The summed E-state index contributed by atoms with van der Waals surface area (Å²) < 4.78 is 5.53. The molecule has 0 radical (unpaired) electrons. The molecule has 1 unspecified atom stereocenters. The minimum Gasteiger partial charge on any atom is -0.374 e. The van der Waals surface area contributed by atoms with Crippen molar-refractivity contribution in [1.29, 1.82) is 0 Å². The SMILES string of the molecule is Cc1[nH][nH]c(=O)c1CC(=O)N1CCOC(CCN)C1.Cl. The Morgan fingerprint density at radius 2 is 2.25 bits per heavy atom. The first-order valence-corrected chi connectivity index (χ1v) is 6.47. The number of H-pyrrole nitrogens is 2. The van der Waals surface area contributed by atoms with Gasteiger partial charge >= 0.3 is 0 Å². The number of amides is 1. The maximum Gasteiger partial charge on any atom is 0.267 e. The summed E-state index contributed by atoms with van der Waals surface area (Å²) in [5.74, 6) is -0.0430. The van der Waals surface area contributed by atoms with Crippen molar-refractivity contribution < 1.29 is 9.53 Å². The minimum absolute atomic E-state index is 0. The van der Waals surface area contributed by atoms with Gasteiger partial charge in [0.05, 0.1) is 19.1 Å². The van der Waals surface area contributed by atoms with Crippen LogP contribution in [0.15, 0.2) is 4.79 Å². The van der Waals surface area contributed by atoms with Crippen molar-refractivity contribution >= 4 is 18.3 Å². The number of morpholine rings is 1. The Kier molecular flexibility index (Phi) is 6.25. The second-order valence-corrected chi connectivity index (χ2v) is 4.77. The fourth-order valence-electron chi connectivity index (χ4n) is 2.25. The molecule has 1 aromatic rings. The number of nitrogens with zero attached hydrogens (tertiary/aromatic N) is 1. The third-order valence-electron chi connectivity index (χ3n) is 3.40. The third kappa shape index (κ3) is 3.84. The van der Waals surface area contributed by atoms with Crippen molar-refractivity contribution in [3.8, 4) is 0 Å². The zero-order valence-electron chi connectivity index (χ0n) is 11.5. The van der Waals surface area contributed by atoms with Gasteiger partial charge in [0.1, 0.15) is 0 Å². The number of nitrogens with two attached hydrogens (primary N) is 1. The van der Waals surface area contributed by atoms with Crippen LogP contribution in [0.4, 0.5) is 0 Å². The van der Waals surface area contributed by atoms with E-state index >= 15 is 0 Å². The van der Waals surface area contributed by atoms with E-state index in [0.29, 0.717) is 37.5 Å². The first kappa shape index (κ1) is 16.7. The lowest BCUT2D eigenvalue weighted by Crippen LogP contribution is -2.47. The Morgan fingerprint density at radius 3 is 2.85 bits per heavy atom. The summed E-state index contributed by atoms with van der Waals surface area (Å²) in [5, 5.41) is 5.21. The highest BCUT2D eigenvalue weighted by molar-refractivity contribution is 5.85. The van der Waals surface area contributed by atoms with Gasteiger partial charge in [0.15, 0.2) is 0 Å². The number of aromatic amines is 2. The van der Waals surface area contributed by atoms with Crippen LogP contribution in [0.1, 0.15) is 17.7 Å². The molecule has 1 aromatic heterocycles. The average Bonchev–Trinajstić information content (AvgIpc) is 2.71. The summed E-state index contributed by atoms with van der Waals surface area (Å²) in [6, 6.07) is 0. The molecule has 7 nitrogen and oxygen atoms in total. The molecule has 2 rings (SSSR count). The van der Waals surface area contributed by atoms with Crippen molar-refractivity contribution in [2.24, 2.45) is 5.73 Å². The summed E-state index contributed by atoms with van der Waals surface area (Å²) >= 11 is 0. The maximum atomic E-state index is 12.2. The predicted octanol–water partition coefficient (Wildman–Crippen LogP) is -0.448. The lowest BCUT2D eigenvalue weighted by Gasteiger charge is -2.32. The Hall–Kier alpha value is -1.31. The van der Waals surface area contributed by atoms with Crippen LogP contribution in [-0.4, -0.2) is 53.3 Å². The maximum absolute atomic E-state index is 12.2. The smallest absolute Gasteiger partial charge is 0.267 e. The van der Waals surface area contributed by atoms with Gasteiger partial charge in [-0.05, 0) is 19.9 Å². The molecule has 1 aliphatic rings. The van der Waals surface area contributed by atoms with Gasteiger partial charge in [-0.1, -0.05) is 0 Å². The van der Waals surface area contributed by atoms with Crippen LogP contribution in [-0.2, 0) is 16.0 Å². The average molecular weight is 305 g/mol. The molecule has 1 aliphatic heterocycles. The zero-order chi connectivity index (χ0) is 13.8. The van der Waals surface area contributed by atoms with Crippen LogP contribution < -0.4 is 11.3 Å². The molecule has 20 heavy (non-hydrogen) atoms. The molecule has 0 saturated carbocycles. The van der Waals surface area contributed by atoms with Gasteiger partial charge < -0.3 is 20.5 Å². The van der Waals surface area contributed by atoms with E-state index in [-0.39, 0.29) is 36.4 Å². The summed E-state index contributed by atoms with van der Waals surface area (Å²) in [5.41, 5.74) is 6.49. The Balaban J connectivity index is 0.00000200. The summed E-state index contributed by atoms with van der Waals surface area (Å²) in [7, 11) is 0. The second kappa shape index (κ2) is 7.47. The fraction of sp³-hybridized carbons (Fsp3) is 0.667. The first-order valence-electron chi connectivity index (χ1n) is 6.47. The fourth-order valence-corrected chi connectivity index (χ4v) is 2.25. The minimum atomic E-state index is -0.224. The molecule has 0 bridgehead atoms. The van der Waals surface area contributed by atoms with Crippen LogP contribution in [0.5, 0.6) is 0 Å².